The second kappa shape index (κ2) is 3.49. The first kappa shape index (κ1) is 10.4. The average molecular weight is 217 g/mol. The summed E-state index contributed by atoms with van der Waals surface area (Å²) in [6, 6.07) is 0. The molecule has 1 aliphatic carbocycles. The van der Waals surface area contributed by atoms with E-state index in [1.54, 1.807) is 4.31 Å². The highest BCUT2D eigenvalue weighted by atomic mass is 32.2. The number of rotatable bonds is 1. The van der Waals surface area contributed by atoms with Crippen LogP contribution in [0.1, 0.15) is 38.5 Å². The van der Waals surface area contributed by atoms with Crippen LogP contribution in [0.4, 0.5) is 0 Å². The fraction of sp³-hybridized carbons (Fsp3) is 1.00. The molecule has 4 heteroatoms. The molecule has 14 heavy (non-hydrogen) atoms. The van der Waals surface area contributed by atoms with Gasteiger partial charge in [-0.3, -0.25) is 0 Å². The zero-order valence-corrected chi connectivity index (χ0v) is 9.65. The molecule has 1 heterocycles. The molecule has 0 N–H and O–H groups in total. The maximum absolute atomic E-state index is 11.4. The Morgan fingerprint density at radius 3 is 2.21 bits per heavy atom. The van der Waals surface area contributed by atoms with Crippen LogP contribution in [0.25, 0.3) is 0 Å². The molecule has 1 saturated carbocycles. The monoisotopic (exact) mass is 217 g/mol. The Labute approximate surface area is 86.5 Å². The van der Waals surface area contributed by atoms with Crippen molar-refractivity contribution in [2.45, 2.75) is 38.5 Å². The topological polar surface area (TPSA) is 37.4 Å². The fourth-order valence-corrected chi connectivity index (χ4v) is 3.82. The van der Waals surface area contributed by atoms with E-state index in [1.165, 1.54) is 38.4 Å². The Balaban J connectivity index is 2.06. The van der Waals surface area contributed by atoms with Crippen LogP contribution in [0, 0.1) is 5.41 Å². The number of hydrogen-bond acceptors (Lipinski definition) is 2. The Morgan fingerprint density at radius 1 is 1.07 bits per heavy atom. The first-order valence-corrected chi connectivity index (χ1v) is 7.32. The van der Waals surface area contributed by atoms with Gasteiger partial charge in [0, 0.05) is 13.1 Å². The Kier molecular flexibility index (Phi) is 2.60. The van der Waals surface area contributed by atoms with Crippen molar-refractivity contribution in [3.8, 4) is 0 Å². The van der Waals surface area contributed by atoms with Gasteiger partial charge >= 0.3 is 0 Å². The van der Waals surface area contributed by atoms with Gasteiger partial charge in [-0.15, -0.1) is 0 Å². The minimum atomic E-state index is -2.94. The third-order valence-corrected chi connectivity index (χ3v) is 5.04. The summed E-state index contributed by atoms with van der Waals surface area (Å²) in [5.41, 5.74) is 0.349. The van der Waals surface area contributed by atoms with Gasteiger partial charge in [-0.25, -0.2) is 12.7 Å². The van der Waals surface area contributed by atoms with E-state index in [-0.39, 0.29) is 0 Å². The normalized spacial score (nSPS) is 28.4. The molecule has 2 rings (SSSR count). The van der Waals surface area contributed by atoms with Crippen molar-refractivity contribution in [3.63, 3.8) is 0 Å². The van der Waals surface area contributed by atoms with Crippen LogP contribution in [0.5, 0.6) is 0 Å². The molecule has 82 valence electrons. The Bertz CT molecular complexity index is 304. The van der Waals surface area contributed by atoms with Crippen molar-refractivity contribution in [1.82, 2.24) is 4.31 Å². The molecule has 1 aliphatic heterocycles. The van der Waals surface area contributed by atoms with Crippen LogP contribution >= 0.6 is 0 Å². The molecule has 0 amide bonds. The predicted molar refractivity (Wildman–Crippen MR) is 56.6 cm³/mol. The summed E-state index contributed by atoms with van der Waals surface area (Å²) in [6.07, 6.45) is 8.79. The van der Waals surface area contributed by atoms with Gasteiger partial charge in [0.1, 0.15) is 0 Å². The lowest BCUT2D eigenvalue weighted by molar-refractivity contribution is 0.206. The maximum Gasteiger partial charge on any atom is 0.211 e. The fourth-order valence-electron chi connectivity index (χ4n) is 2.89. The van der Waals surface area contributed by atoms with Gasteiger partial charge in [0.2, 0.25) is 10.0 Å². The van der Waals surface area contributed by atoms with E-state index in [1.807, 2.05) is 0 Å². The van der Waals surface area contributed by atoms with Gasteiger partial charge in [-0.2, -0.15) is 0 Å². The first-order chi connectivity index (χ1) is 6.52. The van der Waals surface area contributed by atoms with Crippen LogP contribution in [-0.2, 0) is 10.0 Å². The summed E-state index contributed by atoms with van der Waals surface area (Å²) in [5, 5.41) is 0. The minimum Gasteiger partial charge on any atom is -0.213 e. The predicted octanol–water partition coefficient (Wildman–Crippen LogP) is 1.60. The van der Waals surface area contributed by atoms with Crippen molar-refractivity contribution in [3.05, 3.63) is 0 Å². The molecule has 1 spiro atoms. The average Bonchev–Trinajstić information content (AvgIpc) is 2.50. The van der Waals surface area contributed by atoms with Crippen molar-refractivity contribution in [2.24, 2.45) is 5.41 Å². The number of sulfonamides is 1. The van der Waals surface area contributed by atoms with E-state index in [9.17, 15) is 8.42 Å². The quantitative estimate of drug-likeness (QED) is 0.669. The van der Waals surface area contributed by atoms with Crippen LogP contribution in [0.3, 0.4) is 0 Å². The van der Waals surface area contributed by atoms with Gasteiger partial charge in [0.25, 0.3) is 0 Å². The summed E-state index contributed by atoms with van der Waals surface area (Å²) in [5.74, 6) is 0. The second-order valence-electron chi connectivity index (χ2n) is 4.91. The summed E-state index contributed by atoms with van der Waals surface area (Å²) in [6.45, 7) is 1.53. The van der Waals surface area contributed by atoms with E-state index in [0.29, 0.717) is 5.41 Å². The lowest BCUT2D eigenvalue weighted by Gasteiger charge is -2.32. The van der Waals surface area contributed by atoms with E-state index in [2.05, 4.69) is 0 Å². The first-order valence-electron chi connectivity index (χ1n) is 5.47. The molecule has 2 fully saturated rings. The van der Waals surface area contributed by atoms with Crippen LogP contribution in [0.15, 0.2) is 0 Å². The Morgan fingerprint density at radius 2 is 1.71 bits per heavy atom. The third kappa shape index (κ3) is 1.96. The molecule has 1 saturated heterocycles. The zero-order valence-electron chi connectivity index (χ0n) is 8.83. The van der Waals surface area contributed by atoms with Crippen LogP contribution in [-0.4, -0.2) is 32.1 Å². The van der Waals surface area contributed by atoms with Gasteiger partial charge in [0.05, 0.1) is 6.26 Å². The largest absolute Gasteiger partial charge is 0.213 e. The molecular weight excluding hydrogens is 198 g/mol. The van der Waals surface area contributed by atoms with Crippen molar-refractivity contribution < 1.29 is 8.42 Å². The minimum absolute atomic E-state index is 0.349. The highest BCUT2D eigenvalue weighted by Gasteiger charge is 2.41. The molecule has 0 bridgehead atoms. The molecule has 2 aliphatic rings. The van der Waals surface area contributed by atoms with E-state index in [0.717, 1.165) is 19.5 Å². The van der Waals surface area contributed by atoms with Crippen molar-refractivity contribution >= 4 is 10.0 Å². The molecular formula is C10H19NO2S. The van der Waals surface area contributed by atoms with E-state index < -0.39 is 10.0 Å². The van der Waals surface area contributed by atoms with E-state index in [4.69, 9.17) is 0 Å². The number of nitrogens with zero attached hydrogens (tertiary/aromatic N) is 1. The lowest BCUT2D eigenvalue weighted by Crippen LogP contribution is -2.32. The van der Waals surface area contributed by atoms with Crippen LogP contribution in [0.2, 0.25) is 0 Å². The molecule has 0 aromatic carbocycles. The highest BCUT2D eigenvalue weighted by Crippen LogP contribution is 2.44. The third-order valence-electron chi connectivity index (χ3n) is 3.79. The Hall–Kier alpha value is -0.0900. The van der Waals surface area contributed by atoms with Crippen molar-refractivity contribution in [2.75, 3.05) is 19.3 Å². The van der Waals surface area contributed by atoms with E-state index >= 15 is 0 Å². The van der Waals surface area contributed by atoms with Crippen LogP contribution < -0.4 is 0 Å². The summed E-state index contributed by atoms with van der Waals surface area (Å²) >= 11 is 0. The maximum atomic E-state index is 11.4. The van der Waals surface area contributed by atoms with Gasteiger partial charge in [-0.1, -0.05) is 19.3 Å². The molecule has 0 atom stereocenters. The second-order valence-corrected chi connectivity index (χ2v) is 6.89. The smallest absolute Gasteiger partial charge is 0.211 e. The van der Waals surface area contributed by atoms with Gasteiger partial charge < -0.3 is 0 Å². The highest BCUT2D eigenvalue weighted by molar-refractivity contribution is 7.88. The standard InChI is InChI=1S/C10H19NO2S/c1-14(12,13)11-8-7-10(9-11)5-3-2-4-6-10/h2-9H2,1H3. The summed E-state index contributed by atoms with van der Waals surface area (Å²) in [7, 11) is -2.94. The zero-order chi connectivity index (χ0) is 10.2. The van der Waals surface area contributed by atoms with Gasteiger partial charge in [0.15, 0.2) is 0 Å². The van der Waals surface area contributed by atoms with Crippen molar-refractivity contribution in [1.29, 1.82) is 0 Å². The molecule has 0 radical (unpaired) electrons. The lowest BCUT2D eigenvalue weighted by atomic mass is 9.74. The molecule has 3 nitrogen and oxygen atoms in total. The SMILES string of the molecule is CS(=O)(=O)N1CCC2(CCCCC2)C1. The molecule has 0 unspecified atom stereocenters. The number of hydrogen-bond donors (Lipinski definition) is 0. The molecule has 0 aromatic rings. The summed E-state index contributed by atoms with van der Waals surface area (Å²) in [4.78, 5) is 0. The summed E-state index contributed by atoms with van der Waals surface area (Å²) < 4.78 is 24.4. The molecule has 0 aromatic heterocycles. The van der Waals surface area contributed by atoms with Gasteiger partial charge in [-0.05, 0) is 24.7 Å².